The largest absolute Gasteiger partial charge is 0.454 e. The first kappa shape index (κ1) is 16.8. The number of hydrogen-bond acceptors (Lipinski definition) is 4. The summed E-state index contributed by atoms with van der Waals surface area (Å²) in [6.07, 6.45) is 0. The molecule has 0 unspecified atom stereocenters. The third kappa shape index (κ3) is 4.69. The van der Waals surface area contributed by atoms with E-state index in [-0.39, 0.29) is 11.7 Å². The lowest BCUT2D eigenvalue weighted by atomic mass is 10.2. The van der Waals surface area contributed by atoms with Crippen molar-refractivity contribution in [3.63, 3.8) is 0 Å². The van der Waals surface area contributed by atoms with Crippen molar-refractivity contribution in [2.24, 2.45) is 0 Å². The van der Waals surface area contributed by atoms with Gasteiger partial charge >= 0.3 is 5.91 Å². The van der Waals surface area contributed by atoms with Gasteiger partial charge in [-0.3, -0.25) is 25.3 Å². The fraction of sp³-hybridized carbons (Fsp3) is 0.294. The van der Waals surface area contributed by atoms with Crippen LogP contribution in [-0.2, 0) is 6.54 Å². The molecule has 122 valence electrons. The van der Waals surface area contributed by atoms with E-state index in [9.17, 15) is 9.59 Å². The van der Waals surface area contributed by atoms with Crippen LogP contribution in [0.1, 0.15) is 40.5 Å². The van der Waals surface area contributed by atoms with E-state index < -0.39 is 5.91 Å². The van der Waals surface area contributed by atoms with Gasteiger partial charge in [0.25, 0.3) is 5.91 Å². The van der Waals surface area contributed by atoms with Crippen LogP contribution in [0.3, 0.4) is 0 Å². The number of amides is 2. The van der Waals surface area contributed by atoms with E-state index in [1.807, 2.05) is 6.07 Å². The molecule has 0 aliphatic rings. The molecule has 0 spiro atoms. The Bertz CT molecular complexity index is 648. The van der Waals surface area contributed by atoms with Crippen molar-refractivity contribution in [2.75, 3.05) is 13.1 Å². The van der Waals surface area contributed by atoms with Crippen LogP contribution < -0.4 is 10.9 Å². The average Bonchev–Trinajstić information content (AvgIpc) is 3.06. The molecule has 2 rings (SSSR count). The number of nitrogens with one attached hydrogen (secondary N) is 2. The Labute approximate surface area is 135 Å². The number of rotatable bonds is 6. The van der Waals surface area contributed by atoms with Gasteiger partial charge < -0.3 is 4.42 Å². The highest BCUT2D eigenvalue weighted by Gasteiger charge is 2.13. The predicted octanol–water partition coefficient (Wildman–Crippen LogP) is 2.20. The first-order chi connectivity index (χ1) is 11.1. The summed E-state index contributed by atoms with van der Waals surface area (Å²) in [7, 11) is 0. The van der Waals surface area contributed by atoms with Crippen LogP contribution in [0.5, 0.6) is 0 Å². The molecule has 0 atom stereocenters. The molecule has 0 saturated carbocycles. The van der Waals surface area contributed by atoms with Crippen molar-refractivity contribution < 1.29 is 14.0 Å². The van der Waals surface area contributed by atoms with Gasteiger partial charge in [0.1, 0.15) is 5.76 Å². The van der Waals surface area contributed by atoms with Gasteiger partial charge in [-0.25, -0.2) is 0 Å². The first-order valence-corrected chi connectivity index (χ1v) is 7.60. The summed E-state index contributed by atoms with van der Waals surface area (Å²) in [5, 5.41) is 0. The van der Waals surface area contributed by atoms with Crippen molar-refractivity contribution in [3.05, 3.63) is 59.5 Å². The highest BCUT2D eigenvalue weighted by Crippen LogP contribution is 2.10. The van der Waals surface area contributed by atoms with Crippen molar-refractivity contribution >= 4 is 11.8 Å². The number of furan rings is 1. The summed E-state index contributed by atoms with van der Waals surface area (Å²) in [6.45, 7) is 6.60. The number of carbonyl (C=O) groups is 2. The maximum Gasteiger partial charge on any atom is 0.305 e. The van der Waals surface area contributed by atoms with Crippen LogP contribution in [0, 0.1) is 0 Å². The Morgan fingerprint density at radius 1 is 0.957 bits per heavy atom. The number of nitrogens with zero attached hydrogens (tertiary/aromatic N) is 1. The minimum atomic E-state index is -0.486. The third-order valence-corrected chi connectivity index (χ3v) is 3.48. The normalized spacial score (nSPS) is 10.6. The summed E-state index contributed by atoms with van der Waals surface area (Å²) in [6, 6.07) is 12.0. The smallest absolute Gasteiger partial charge is 0.305 e. The molecule has 2 amide bonds. The summed E-state index contributed by atoms with van der Waals surface area (Å²) < 4.78 is 5.51. The van der Waals surface area contributed by atoms with Crippen molar-refractivity contribution in [3.8, 4) is 0 Å². The van der Waals surface area contributed by atoms with Crippen molar-refractivity contribution in [1.82, 2.24) is 15.8 Å². The summed E-state index contributed by atoms with van der Waals surface area (Å²) in [4.78, 5) is 26.0. The molecule has 0 bridgehead atoms. The summed E-state index contributed by atoms with van der Waals surface area (Å²) in [5.41, 5.74) is 5.17. The monoisotopic (exact) mass is 315 g/mol. The van der Waals surface area contributed by atoms with E-state index in [0.29, 0.717) is 17.9 Å². The Balaban J connectivity index is 1.89. The van der Waals surface area contributed by atoms with Gasteiger partial charge in [0.2, 0.25) is 0 Å². The topological polar surface area (TPSA) is 74.6 Å². The maximum absolute atomic E-state index is 12.0. The average molecular weight is 315 g/mol. The molecule has 1 heterocycles. The van der Waals surface area contributed by atoms with Crippen LogP contribution in [0.15, 0.2) is 46.9 Å². The van der Waals surface area contributed by atoms with Gasteiger partial charge in [-0.15, -0.1) is 0 Å². The highest BCUT2D eigenvalue weighted by molar-refractivity contribution is 5.97. The Morgan fingerprint density at radius 3 is 2.26 bits per heavy atom. The first-order valence-electron chi connectivity index (χ1n) is 7.60. The van der Waals surface area contributed by atoms with Crippen LogP contribution in [-0.4, -0.2) is 29.8 Å². The van der Waals surface area contributed by atoms with E-state index >= 15 is 0 Å². The molecule has 0 aliphatic carbocycles. The lowest BCUT2D eigenvalue weighted by Crippen LogP contribution is -2.41. The second-order valence-corrected chi connectivity index (χ2v) is 5.00. The standard InChI is InChI=1S/C17H21N3O3/c1-3-20(4-2)12-14-10-11-15(23-14)17(22)19-18-16(21)13-8-6-5-7-9-13/h5-11H,3-4,12H2,1-2H3,(H,18,21)(H,19,22). The van der Waals surface area contributed by atoms with E-state index in [0.717, 1.165) is 13.1 Å². The van der Waals surface area contributed by atoms with Crippen LogP contribution in [0.4, 0.5) is 0 Å². The Morgan fingerprint density at radius 2 is 1.61 bits per heavy atom. The van der Waals surface area contributed by atoms with Gasteiger partial charge in [0, 0.05) is 5.56 Å². The lowest BCUT2D eigenvalue weighted by molar-refractivity contribution is 0.0829. The number of hydrogen-bond donors (Lipinski definition) is 2. The molecular formula is C17H21N3O3. The second-order valence-electron chi connectivity index (χ2n) is 5.00. The lowest BCUT2D eigenvalue weighted by Gasteiger charge is -2.15. The highest BCUT2D eigenvalue weighted by atomic mass is 16.4. The van der Waals surface area contributed by atoms with Crippen molar-refractivity contribution in [1.29, 1.82) is 0 Å². The molecular weight excluding hydrogens is 294 g/mol. The minimum absolute atomic E-state index is 0.167. The Hall–Kier alpha value is -2.60. The van der Waals surface area contributed by atoms with E-state index in [1.54, 1.807) is 36.4 Å². The fourth-order valence-electron chi connectivity index (χ4n) is 2.09. The summed E-state index contributed by atoms with van der Waals surface area (Å²) >= 11 is 0. The zero-order valence-electron chi connectivity index (χ0n) is 13.3. The van der Waals surface area contributed by atoms with Gasteiger partial charge in [-0.2, -0.15) is 0 Å². The zero-order chi connectivity index (χ0) is 16.7. The molecule has 1 aromatic carbocycles. The van der Waals surface area contributed by atoms with Crippen LogP contribution >= 0.6 is 0 Å². The molecule has 6 nitrogen and oxygen atoms in total. The predicted molar refractivity (Wildman–Crippen MR) is 86.7 cm³/mol. The molecule has 1 aromatic heterocycles. The zero-order valence-corrected chi connectivity index (χ0v) is 13.3. The number of hydrazine groups is 1. The maximum atomic E-state index is 12.0. The molecule has 0 radical (unpaired) electrons. The quantitative estimate of drug-likeness (QED) is 0.801. The number of benzene rings is 1. The van der Waals surface area contributed by atoms with Gasteiger partial charge in [0.15, 0.2) is 5.76 Å². The Kier molecular flexibility index (Phi) is 5.94. The summed E-state index contributed by atoms with van der Waals surface area (Å²) in [5.74, 6) is 0.0164. The SMILES string of the molecule is CCN(CC)Cc1ccc(C(=O)NNC(=O)c2ccccc2)o1. The molecule has 23 heavy (non-hydrogen) atoms. The van der Waals surface area contributed by atoms with Crippen LogP contribution in [0.25, 0.3) is 0 Å². The van der Waals surface area contributed by atoms with Gasteiger partial charge in [-0.05, 0) is 37.4 Å². The minimum Gasteiger partial charge on any atom is -0.454 e. The number of carbonyl (C=O) groups excluding carboxylic acids is 2. The van der Waals surface area contributed by atoms with E-state index in [1.165, 1.54) is 0 Å². The van der Waals surface area contributed by atoms with Crippen LogP contribution in [0.2, 0.25) is 0 Å². The molecule has 0 aliphatic heterocycles. The van der Waals surface area contributed by atoms with Gasteiger partial charge in [0.05, 0.1) is 6.54 Å². The van der Waals surface area contributed by atoms with Crippen molar-refractivity contribution in [2.45, 2.75) is 20.4 Å². The van der Waals surface area contributed by atoms with E-state index in [4.69, 9.17) is 4.42 Å². The fourth-order valence-corrected chi connectivity index (χ4v) is 2.09. The van der Waals surface area contributed by atoms with E-state index in [2.05, 4.69) is 29.6 Å². The second kappa shape index (κ2) is 8.14. The molecule has 0 saturated heterocycles. The molecule has 2 N–H and O–H groups in total. The van der Waals surface area contributed by atoms with Gasteiger partial charge in [-0.1, -0.05) is 32.0 Å². The molecule has 6 heteroatoms. The molecule has 2 aromatic rings. The molecule has 0 fully saturated rings. The third-order valence-electron chi connectivity index (χ3n) is 3.48.